The fraction of sp³-hybridized carbons (Fsp3) is 0.467. The minimum Gasteiger partial charge on any atom is -0.212 e. The summed E-state index contributed by atoms with van der Waals surface area (Å²) in [6, 6.07) is 8.04. The molecule has 2 heterocycles. The Morgan fingerprint density at radius 1 is 1.32 bits per heavy atom. The van der Waals surface area contributed by atoms with Crippen molar-refractivity contribution in [3.8, 4) is 0 Å². The predicted molar refractivity (Wildman–Crippen MR) is 76.2 cm³/mol. The molecule has 2 aliphatic rings. The fourth-order valence-electron chi connectivity index (χ4n) is 3.20. The summed E-state index contributed by atoms with van der Waals surface area (Å²) in [5, 5.41) is 0. The molecule has 2 aliphatic heterocycles. The van der Waals surface area contributed by atoms with Crippen LogP contribution in [0.2, 0.25) is 0 Å². The Hall–Kier alpha value is -1.13. The lowest BCUT2D eigenvalue weighted by Crippen LogP contribution is -2.42. The van der Waals surface area contributed by atoms with E-state index in [2.05, 4.69) is 12.2 Å². The van der Waals surface area contributed by atoms with Gasteiger partial charge in [-0.2, -0.15) is 4.31 Å². The van der Waals surface area contributed by atoms with Crippen LogP contribution in [0.15, 0.2) is 36.4 Å². The summed E-state index contributed by atoms with van der Waals surface area (Å²) >= 11 is 0. The van der Waals surface area contributed by atoms with Gasteiger partial charge >= 0.3 is 0 Å². The smallest absolute Gasteiger partial charge is 0.212 e. The Bertz CT molecular complexity index is 606. The Balaban J connectivity index is 1.86. The number of hydrogen-bond donors (Lipinski definition) is 0. The van der Waals surface area contributed by atoms with Crippen LogP contribution < -0.4 is 0 Å². The van der Waals surface area contributed by atoms with Gasteiger partial charge in [0, 0.05) is 12.1 Å². The normalized spacial score (nSPS) is 26.8. The molecule has 0 N–H and O–H groups in total. The molecule has 4 heteroatoms. The Kier molecular flexibility index (Phi) is 3.23. The zero-order chi connectivity index (χ0) is 13.5. The topological polar surface area (TPSA) is 37.4 Å². The fourth-order valence-corrected chi connectivity index (χ4v) is 5.19. The van der Waals surface area contributed by atoms with Crippen LogP contribution in [-0.4, -0.2) is 24.8 Å². The van der Waals surface area contributed by atoms with Crippen LogP contribution in [0.1, 0.15) is 30.4 Å². The second kappa shape index (κ2) is 4.76. The second-order valence-corrected chi connectivity index (χ2v) is 7.41. The molecule has 0 spiro atoms. The van der Waals surface area contributed by atoms with Crippen LogP contribution in [0, 0.1) is 6.92 Å². The summed E-state index contributed by atoms with van der Waals surface area (Å²) < 4.78 is 27.0. The van der Waals surface area contributed by atoms with Crippen molar-refractivity contribution in [2.24, 2.45) is 0 Å². The highest BCUT2D eigenvalue weighted by atomic mass is 32.2. The first-order valence-electron chi connectivity index (χ1n) is 6.80. The summed E-state index contributed by atoms with van der Waals surface area (Å²) in [6.07, 6.45) is 7.00. The Morgan fingerprint density at radius 2 is 2.16 bits per heavy atom. The minimum absolute atomic E-state index is 0.0913. The standard InChI is InChI=1S/C15H19NO2S/c1-12-4-2-5-13(10-12)11-19(17,18)16-14-6-3-7-15(16)9-8-14/h2-6,10,14-15H,7-9,11H2,1H3. The number of nitrogens with zero attached hydrogens (tertiary/aromatic N) is 1. The van der Waals surface area contributed by atoms with E-state index in [1.807, 2.05) is 31.2 Å². The first-order valence-corrected chi connectivity index (χ1v) is 8.40. The quantitative estimate of drug-likeness (QED) is 0.796. The molecule has 1 aromatic carbocycles. The first kappa shape index (κ1) is 12.9. The van der Waals surface area contributed by atoms with Crippen LogP contribution in [0.4, 0.5) is 0 Å². The average molecular weight is 277 g/mol. The van der Waals surface area contributed by atoms with E-state index in [1.54, 1.807) is 4.31 Å². The SMILES string of the molecule is Cc1cccc(CS(=O)(=O)N2C3C=CCC2CC3)c1. The van der Waals surface area contributed by atoms with E-state index < -0.39 is 10.0 Å². The van der Waals surface area contributed by atoms with Crippen LogP contribution in [0.5, 0.6) is 0 Å². The van der Waals surface area contributed by atoms with Gasteiger partial charge in [-0.25, -0.2) is 8.42 Å². The molecule has 102 valence electrons. The van der Waals surface area contributed by atoms with Crippen molar-refractivity contribution >= 4 is 10.0 Å². The van der Waals surface area contributed by atoms with Crippen molar-refractivity contribution in [2.75, 3.05) is 0 Å². The van der Waals surface area contributed by atoms with Crippen LogP contribution in [-0.2, 0) is 15.8 Å². The number of benzene rings is 1. The van der Waals surface area contributed by atoms with Crippen LogP contribution >= 0.6 is 0 Å². The van der Waals surface area contributed by atoms with E-state index in [9.17, 15) is 8.42 Å². The molecule has 0 aromatic heterocycles. The molecule has 0 saturated carbocycles. The molecule has 0 aliphatic carbocycles. The molecule has 2 atom stereocenters. The average Bonchev–Trinajstić information content (AvgIpc) is 2.61. The molecule has 1 saturated heterocycles. The molecule has 1 aromatic rings. The maximum absolute atomic E-state index is 12.6. The first-order chi connectivity index (χ1) is 9.06. The van der Waals surface area contributed by atoms with Gasteiger partial charge in [0.2, 0.25) is 10.0 Å². The summed E-state index contributed by atoms with van der Waals surface area (Å²) in [5.41, 5.74) is 1.99. The van der Waals surface area contributed by atoms with E-state index in [1.165, 1.54) is 0 Å². The molecule has 2 unspecified atom stereocenters. The number of fused-ring (bicyclic) bond motifs is 2. The molecule has 0 radical (unpaired) electrons. The van der Waals surface area contributed by atoms with E-state index >= 15 is 0 Å². The van der Waals surface area contributed by atoms with Crippen molar-refractivity contribution in [3.63, 3.8) is 0 Å². The zero-order valence-corrected chi connectivity index (χ0v) is 11.9. The second-order valence-electron chi connectivity index (χ2n) is 5.54. The lowest BCUT2D eigenvalue weighted by Gasteiger charge is -2.30. The monoisotopic (exact) mass is 277 g/mol. The van der Waals surface area contributed by atoms with Crippen molar-refractivity contribution in [2.45, 2.75) is 44.0 Å². The third-order valence-electron chi connectivity index (χ3n) is 4.00. The number of hydrogen-bond acceptors (Lipinski definition) is 2. The van der Waals surface area contributed by atoms with E-state index in [-0.39, 0.29) is 17.8 Å². The van der Waals surface area contributed by atoms with Gasteiger partial charge in [-0.3, -0.25) is 0 Å². The third kappa shape index (κ3) is 2.47. The lowest BCUT2D eigenvalue weighted by atomic mass is 10.2. The van der Waals surface area contributed by atoms with E-state index in [4.69, 9.17) is 0 Å². The molecule has 0 amide bonds. The van der Waals surface area contributed by atoms with Gasteiger partial charge < -0.3 is 0 Å². The lowest BCUT2D eigenvalue weighted by molar-refractivity contribution is 0.340. The summed E-state index contributed by atoms with van der Waals surface area (Å²) in [4.78, 5) is 0. The maximum Gasteiger partial charge on any atom is 0.219 e. The molecule has 1 fully saturated rings. The van der Waals surface area contributed by atoms with Crippen molar-refractivity contribution < 1.29 is 8.42 Å². The summed E-state index contributed by atoms with van der Waals surface area (Å²) in [6.45, 7) is 1.99. The maximum atomic E-state index is 12.6. The van der Waals surface area contributed by atoms with E-state index in [0.717, 1.165) is 30.4 Å². The van der Waals surface area contributed by atoms with Gasteiger partial charge in [0.25, 0.3) is 0 Å². The highest BCUT2D eigenvalue weighted by Gasteiger charge is 2.41. The van der Waals surface area contributed by atoms with Crippen molar-refractivity contribution in [1.82, 2.24) is 4.31 Å². The molecule has 2 bridgehead atoms. The number of sulfonamides is 1. The summed E-state index contributed by atoms with van der Waals surface area (Å²) in [5.74, 6) is 0.121. The highest BCUT2D eigenvalue weighted by molar-refractivity contribution is 7.88. The van der Waals surface area contributed by atoms with Gasteiger partial charge in [-0.15, -0.1) is 0 Å². The van der Waals surface area contributed by atoms with Gasteiger partial charge in [0.05, 0.1) is 5.75 Å². The number of aryl methyl sites for hydroxylation is 1. The van der Waals surface area contributed by atoms with Gasteiger partial charge in [-0.1, -0.05) is 42.0 Å². The Morgan fingerprint density at radius 3 is 2.89 bits per heavy atom. The van der Waals surface area contributed by atoms with Crippen molar-refractivity contribution in [1.29, 1.82) is 0 Å². The third-order valence-corrected chi connectivity index (χ3v) is 5.91. The molecule has 3 nitrogen and oxygen atoms in total. The van der Waals surface area contributed by atoms with E-state index in [0.29, 0.717) is 0 Å². The minimum atomic E-state index is -3.21. The van der Waals surface area contributed by atoms with Gasteiger partial charge in [0.15, 0.2) is 0 Å². The number of rotatable bonds is 3. The largest absolute Gasteiger partial charge is 0.219 e. The summed E-state index contributed by atoms with van der Waals surface area (Å²) in [7, 11) is -3.21. The Labute approximate surface area is 115 Å². The van der Waals surface area contributed by atoms with Gasteiger partial charge in [0.1, 0.15) is 0 Å². The van der Waals surface area contributed by atoms with Gasteiger partial charge in [-0.05, 0) is 31.7 Å². The van der Waals surface area contributed by atoms with Crippen LogP contribution in [0.3, 0.4) is 0 Å². The molecular weight excluding hydrogens is 258 g/mol. The highest BCUT2D eigenvalue weighted by Crippen LogP contribution is 2.35. The molecular formula is C15H19NO2S. The van der Waals surface area contributed by atoms with Crippen molar-refractivity contribution in [3.05, 3.63) is 47.5 Å². The van der Waals surface area contributed by atoms with Crippen LogP contribution in [0.25, 0.3) is 0 Å². The zero-order valence-electron chi connectivity index (χ0n) is 11.1. The predicted octanol–water partition coefficient (Wildman–Crippen LogP) is 2.62. The molecule has 19 heavy (non-hydrogen) atoms. The molecule has 3 rings (SSSR count).